The van der Waals surface area contributed by atoms with E-state index in [0.29, 0.717) is 17.3 Å². The van der Waals surface area contributed by atoms with Crippen molar-refractivity contribution >= 4 is 11.8 Å². The summed E-state index contributed by atoms with van der Waals surface area (Å²) in [5, 5.41) is 13.7. The van der Waals surface area contributed by atoms with Gasteiger partial charge < -0.3 is 18.2 Å². The third-order valence-corrected chi connectivity index (χ3v) is 6.24. The molecule has 1 aliphatic rings. The fourth-order valence-corrected chi connectivity index (χ4v) is 4.37. The number of halogens is 1. The topological polar surface area (TPSA) is 82.3 Å². The van der Waals surface area contributed by atoms with Crippen molar-refractivity contribution in [1.82, 2.24) is 24.8 Å². The molecule has 1 saturated heterocycles. The highest BCUT2D eigenvalue weighted by atomic mass is 32.2. The molecule has 5 rings (SSSR count). The number of furan rings is 1. The van der Waals surface area contributed by atoms with E-state index in [2.05, 4.69) is 24.8 Å². The van der Waals surface area contributed by atoms with Crippen molar-refractivity contribution in [2.24, 2.45) is 0 Å². The van der Waals surface area contributed by atoms with Crippen molar-refractivity contribution in [3.05, 3.63) is 60.2 Å². The molecule has 166 valence electrons. The Morgan fingerprint density at radius 2 is 1.84 bits per heavy atom. The van der Waals surface area contributed by atoms with Crippen LogP contribution in [0.15, 0.2) is 62.8 Å². The zero-order valence-electron chi connectivity index (χ0n) is 17.3. The van der Waals surface area contributed by atoms with Gasteiger partial charge in [-0.3, -0.25) is 4.90 Å². The fourth-order valence-electron chi connectivity index (χ4n) is 3.53. The molecular formula is C22H22FN5O3S. The molecule has 4 aromatic rings. The van der Waals surface area contributed by atoms with Gasteiger partial charge in [-0.2, -0.15) is 0 Å². The van der Waals surface area contributed by atoms with Crippen LogP contribution in [-0.4, -0.2) is 57.7 Å². The number of thioether (sulfide) groups is 1. The summed E-state index contributed by atoms with van der Waals surface area (Å²) in [5.41, 5.74) is 1.61. The minimum atomic E-state index is -0.277. The van der Waals surface area contributed by atoms with E-state index in [-0.39, 0.29) is 5.82 Å². The first-order chi connectivity index (χ1) is 15.8. The normalized spacial score (nSPS) is 14.8. The first-order valence-corrected chi connectivity index (χ1v) is 11.4. The van der Waals surface area contributed by atoms with E-state index < -0.39 is 0 Å². The molecular weight excluding hydrogens is 433 g/mol. The highest BCUT2D eigenvalue weighted by Crippen LogP contribution is 2.28. The van der Waals surface area contributed by atoms with Crippen LogP contribution in [0, 0.1) is 5.82 Å². The first kappa shape index (κ1) is 20.9. The van der Waals surface area contributed by atoms with Crippen LogP contribution in [0.3, 0.4) is 0 Å². The standard InChI is InChI=1S/C22H22FN5O3S/c23-17-5-3-16(4-6-17)21-24-25-22(28(21)8-7-27-9-12-29-13-10-27)32-15-18-14-20(31-26-18)19-2-1-11-30-19/h1-6,11,14H,7-10,12-13,15H2. The largest absolute Gasteiger partial charge is 0.461 e. The van der Waals surface area contributed by atoms with E-state index in [1.54, 1.807) is 24.5 Å². The predicted molar refractivity (Wildman–Crippen MR) is 116 cm³/mol. The van der Waals surface area contributed by atoms with E-state index in [1.165, 1.54) is 23.9 Å². The van der Waals surface area contributed by atoms with Crippen molar-refractivity contribution in [2.75, 3.05) is 32.8 Å². The molecule has 32 heavy (non-hydrogen) atoms. The molecule has 0 spiro atoms. The Labute approximate surface area is 188 Å². The van der Waals surface area contributed by atoms with Crippen molar-refractivity contribution in [3.8, 4) is 22.9 Å². The predicted octanol–water partition coefficient (Wildman–Crippen LogP) is 3.96. The lowest BCUT2D eigenvalue weighted by Gasteiger charge is -2.27. The van der Waals surface area contributed by atoms with Gasteiger partial charge in [-0.15, -0.1) is 10.2 Å². The molecule has 0 amide bonds. The summed E-state index contributed by atoms with van der Waals surface area (Å²) in [6.07, 6.45) is 1.60. The molecule has 1 aliphatic heterocycles. The first-order valence-electron chi connectivity index (χ1n) is 10.4. The minimum absolute atomic E-state index is 0.277. The molecule has 0 saturated carbocycles. The van der Waals surface area contributed by atoms with Crippen LogP contribution in [0.4, 0.5) is 4.39 Å². The van der Waals surface area contributed by atoms with Gasteiger partial charge in [0.15, 0.2) is 16.7 Å². The lowest BCUT2D eigenvalue weighted by molar-refractivity contribution is 0.0361. The van der Waals surface area contributed by atoms with Crippen molar-refractivity contribution in [3.63, 3.8) is 0 Å². The summed E-state index contributed by atoms with van der Waals surface area (Å²) < 4.78 is 31.7. The molecule has 0 bridgehead atoms. The van der Waals surface area contributed by atoms with Crippen LogP contribution in [0.5, 0.6) is 0 Å². The number of hydrogen-bond acceptors (Lipinski definition) is 8. The monoisotopic (exact) mass is 455 g/mol. The van der Waals surface area contributed by atoms with Crippen LogP contribution in [0.2, 0.25) is 0 Å². The van der Waals surface area contributed by atoms with Gasteiger partial charge in [0, 0.05) is 43.6 Å². The minimum Gasteiger partial charge on any atom is -0.461 e. The van der Waals surface area contributed by atoms with E-state index in [1.807, 2.05) is 12.1 Å². The number of nitrogens with zero attached hydrogens (tertiary/aromatic N) is 5. The van der Waals surface area contributed by atoms with Gasteiger partial charge in [-0.25, -0.2) is 4.39 Å². The van der Waals surface area contributed by atoms with Gasteiger partial charge >= 0.3 is 0 Å². The van der Waals surface area contributed by atoms with Crippen LogP contribution in [0.1, 0.15) is 5.69 Å². The fraction of sp³-hybridized carbons (Fsp3) is 0.318. The van der Waals surface area contributed by atoms with Gasteiger partial charge in [-0.1, -0.05) is 16.9 Å². The van der Waals surface area contributed by atoms with Crippen LogP contribution in [-0.2, 0) is 17.0 Å². The molecule has 0 unspecified atom stereocenters. The molecule has 4 heterocycles. The molecule has 0 N–H and O–H groups in total. The Morgan fingerprint density at radius 3 is 2.62 bits per heavy atom. The smallest absolute Gasteiger partial charge is 0.202 e. The number of hydrogen-bond donors (Lipinski definition) is 0. The second-order valence-electron chi connectivity index (χ2n) is 7.37. The zero-order valence-corrected chi connectivity index (χ0v) is 18.1. The molecule has 1 fully saturated rings. The molecule has 3 aromatic heterocycles. The number of aromatic nitrogens is 4. The maximum Gasteiger partial charge on any atom is 0.202 e. The Kier molecular flexibility index (Phi) is 6.33. The molecule has 1 aromatic carbocycles. The van der Waals surface area contributed by atoms with Gasteiger partial charge in [0.1, 0.15) is 5.82 Å². The van der Waals surface area contributed by atoms with Crippen molar-refractivity contribution in [1.29, 1.82) is 0 Å². The molecule has 0 aliphatic carbocycles. The highest BCUT2D eigenvalue weighted by molar-refractivity contribution is 7.98. The summed E-state index contributed by atoms with van der Waals surface area (Å²) in [6.45, 7) is 4.89. The SMILES string of the molecule is Fc1ccc(-c2nnc(SCc3cc(-c4ccco4)on3)n2CCN2CCOCC2)cc1. The average Bonchev–Trinajstić information content (AvgIpc) is 3.58. The van der Waals surface area contributed by atoms with E-state index in [9.17, 15) is 4.39 Å². The Bertz CT molecular complexity index is 1140. The highest BCUT2D eigenvalue weighted by Gasteiger charge is 2.18. The van der Waals surface area contributed by atoms with E-state index in [0.717, 1.165) is 61.6 Å². The second-order valence-corrected chi connectivity index (χ2v) is 8.31. The average molecular weight is 456 g/mol. The van der Waals surface area contributed by atoms with Gasteiger partial charge in [0.25, 0.3) is 0 Å². The van der Waals surface area contributed by atoms with Crippen molar-refractivity contribution < 1.29 is 18.1 Å². The maximum absolute atomic E-state index is 13.4. The summed E-state index contributed by atoms with van der Waals surface area (Å²) in [4.78, 5) is 2.36. The zero-order chi connectivity index (χ0) is 21.8. The second kappa shape index (κ2) is 9.68. The summed E-state index contributed by atoms with van der Waals surface area (Å²) in [5.74, 6) is 2.24. The van der Waals surface area contributed by atoms with Crippen LogP contribution in [0.25, 0.3) is 22.9 Å². The molecule has 10 heteroatoms. The molecule has 0 atom stereocenters. The third-order valence-electron chi connectivity index (χ3n) is 5.23. The van der Waals surface area contributed by atoms with E-state index in [4.69, 9.17) is 13.7 Å². The lowest BCUT2D eigenvalue weighted by atomic mass is 10.2. The van der Waals surface area contributed by atoms with E-state index >= 15 is 0 Å². The third kappa shape index (κ3) is 4.77. The van der Waals surface area contributed by atoms with Gasteiger partial charge in [0.2, 0.25) is 5.76 Å². The number of morpholine rings is 1. The summed E-state index contributed by atoms with van der Waals surface area (Å²) >= 11 is 1.53. The summed E-state index contributed by atoms with van der Waals surface area (Å²) in [6, 6.07) is 11.8. The lowest BCUT2D eigenvalue weighted by Crippen LogP contribution is -2.38. The van der Waals surface area contributed by atoms with Crippen LogP contribution >= 0.6 is 11.8 Å². The van der Waals surface area contributed by atoms with Gasteiger partial charge in [0.05, 0.1) is 25.2 Å². The molecule has 0 radical (unpaired) electrons. The summed E-state index contributed by atoms with van der Waals surface area (Å²) in [7, 11) is 0. The molecule has 8 nitrogen and oxygen atoms in total. The number of ether oxygens (including phenoxy) is 1. The van der Waals surface area contributed by atoms with Crippen LogP contribution < -0.4 is 0 Å². The Hall–Kier alpha value is -2.95. The van der Waals surface area contributed by atoms with Crippen molar-refractivity contribution in [2.45, 2.75) is 17.5 Å². The number of rotatable bonds is 8. The van der Waals surface area contributed by atoms with Gasteiger partial charge in [-0.05, 0) is 36.4 Å². The maximum atomic E-state index is 13.4. The quantitative estimate of drug-likeness (QED) is 0.369. The number of benzene rings is 1. The Morgan fingerprint density at radius 1 is 1.00 bits per heavy atom. The Balaban J connectivity index is 1.34.